The van der Waals surface area contributed by atoms with Gasteiger partial charge >= 0.3 is 5.97 Å². The van der Waals surface area contributed by atoms with Crippen LogP contribution in [-0.4, -0.2) is 27.3 Å². The van der Waals surface area contributed by atoms with Gasteiger partial charge in [0.25, 0.3) is 0 Å². The second kappa shape index (κ2) is 6.07. The van der Waals surface area contributed by atoms with E-state index in [1.165, 1.54) is 11.5 Å². The molecule has 0 fully saturated rings. The third-order valence-corrected chi connectivity index (χ3v) is 4.14. The second-order valence-corrected chi connectivity index (χ2v) is 6.05. The molecular weight excluding hydrogens is 330 g/mol. The maximum Gasteiger partial charge on any atom is 0.363 e. The zero-order valence-corrected chi connectivity index (χ0v) is 14.3. The van der Waals surface area contributed by atoms with Gasteiger partial charge in [-0.2, -0.15) is 0 Å². The molecule has 6 nitrogen and oxygen atoms in total. The summed E-state index contributed by atoms with van der Waals surface area (Å²) in [7, 11) is 0. The van der Waals surface area contributed by atoms with E-state index >= 15 is 0 Å². The van der Waals surface area contributed by atoms with E-state index in [9.17, 15) is 9.59 Å². The summed E-state index contributed by atoms with van der Waals surface area (Å²) in [6.45, 7) is 3.44. The number of hydrogen-bond donors (Lipinski definition) is 0. The molecule has 0 N–H and O–H groups in total. The number of benzene rings is 1. The van der Waals surface area contributed by atoms with E-state index in [1.807, 2.05) is 37.3 Å². The van der Waals surface area contributed by atoms with Crippen LogP contribution >= 0.6 is 0 Å². The van der Waals surface area contributed by atoms with Gasteiger partial charge in [-0.3, -0.25) is 9.36 Å². The first-order valence-corrected chi connectivity index (χ1v) is 8.09. The maximum atomic E-state index is 12.2. The Bertz CT molecular complexity index is 1110. The van der Waals surface area contributed by atoms with Crippen molar-refractivity contribution in [2.75, 3.05) is 0 Å². The normalized spacial score (nSPS) is 15.4. The zero-order chi connectivity index (χ0) is 18.3. The average Bonchev–Trinajstić information content (AvgIpc) is 3.18. The van der Waals surface area contributed by atoms with Crippen LogP contribution in [0.2, 0.25) is 0 Å². The molecule has 0 spiro atoms. The summed E-state index contributed by atoms with van der Waals surface area (Å²) < 4.78 is 6.74. The summed E-state index contributed by atoms with van der Waals surface area (Å²) in [5.41, 5.74) is 3.26. The number of rotatable bonds is 2. The Morgan fingerprint density at radius 1 is 1.19 bits per heavy atom. The number of fused-ring (bicyclic) bond motifs is 1. The van der Waals surface area contributed by atoms with E-state index in [0.29, 0.717) is 11.2 Å². The summed E-state index contributed by atoms with van der Waals surface area (Å²) in [5, 5.41) is 0.766. The van der Waals surface area contributed by atoms with Crippen molar-refractivity contribution < 1.29 is 14.3 Å². The Kier molecular flexibility index (Phi) is 3.73. The van der Waals surface area contributed by atoms with Crippen LogP contribution in [0, 0.1) is 6.92 Å². The highest BCUT2D eigenvalue weighted by atomic mass is 16.6. The van der Waals surface area contributed by atoms with Crippen LogP contribution in [0.5, 0.6) is 0 Å². The molecule has 1 aromatic carbocycles. The minimum Gasteiger partial charge on any atom is -0.402 e. The van der Waals surface area contributed by atoms with E-state index in [1.54, 1.807) is 24.5 Å². The highest BCUT2D eigenvalue weighted by Crippen LogP contribution is 2.25. The maximum absolute atomic E-state index is 12.2. The highest BCUT2D eigenvalue weighted by Gasteiger charge is 2.24. The lowest BCUT2D eigenvalue weighted by Crippen LogP contribution is -2.05. The van der Waals surface area contributed by atoms with Gasteiger partial charge in [0.2, 0.25) is 11.8 Å². The van der Waals surface area contributed by atoms with Crippen molar-refractivity contribution in [3.05, 3.63) is 71.2 Å². The van der Waals surface area contributed by atoms with Gasteiger partial charge in [-0.25, -0.2) is 14.8 Å². The Morgan fingerprint density at radius 3 is 2.69 bits per heavy atom. The molecule has 4 rings (SSSR count). The largest absolute Gasteiger partial charge is 0.402 e. The fourth-order valence-electron chi connectivity index (χ4n) is 2.82. The number of carbonyl (C=O) groups excluding carboxylic acids is 2. The highest BCUT2D eigenvalue weighted by molar-refractivity contribution is 6.13. The summed E-state index contributed by atoms with van der Waals surface area (Å²) in [6.07, 6.45) is 4.89. The molecule has 0 saturated carbocycles. The van der Waals surface area contributed by atoms with Crippen molar-refractivity contribution in [3.8, 4) is 0 Å². The first-order valence-electron chi connectivity index (χ1n) is 8.09. The molecule has 0 amide bonds. The number of aryl methyl sites for hydroxylation is 1. The Balaban J connectivity index is 1.79. The Morgan fingerprint density at radius 2 is 1.96 bits per heavy atom. The number of pyridine rings is 1. The molecule has 128 valence electrons. The molecule has 3 aromatic rings. The van der Waals surface area contributed by atoms with E-state index < -0.39 is 5.97 Å². The third-order valence-electron chi connectivity index (χ3n) is 4.14. The quantitative estimate of drug-likeness (QED) is 0.527. The Labute approximate surface area is 149 Å². The predicted molar refractivity (Wildman–Crippen MR) is 97.8 cm³/mol. The van der Waals surface area contributed by atoms with Crippen LogP contribution < -0.4 is 0 Å². The second-order valence-electron chi connectivity index (χ2n) is 6.05. The molecule has 6 heteroatoms. The van der Waals surface area contributed by atoms with Crippen molar-refractivity contribution in [2.45, 2.75) is 13.8 Å². The number of ether oxygens (including phenoxy) is 1. The molecule has 1 aliphatic heterocycles. The number of nitrogens with zero attached hydrogens (tertiary/aromatic N) is 3. The Hall–Kier alpha value is -3.54. The van der Waals surface area contributed by atoms with Gasteiger partial charge in [0.15, 0.2) is 5.70 Å². The lowest BCUT2D eigenvalue weighted by Gasteiger charge is -1.99. The van der Waals surface area contributed by atoms with Gasteiger partial charge in [-0.15, -0.1) is 0 Å². The average molecular weight is 345 g/mol. The number of aromatic nitrogens is 2. The van der Waals surface area contributed by atoms with Gasteiger partial charge in [-0.1, -0.05) is 17.7 Å². The number of cyclic esters (lactones) is 1. The van der Waals surface area contributed by atoms with Crippen molar-refractivity contribution in [1.82, 2.24) is 9.55 Å². The number of aliphatic imine (C=N–C) groups is 1. The van der Waals surface area contributed by atoms with Crippen molar-refractivity contribution >= 4 is 34.9 Å². The number of carbonyl (C=O) groups is 2. The van der Waals surface area contributed by atoms with E-state index in [2.05, 4.69) is 9.98 Å². The minimum absolute atomic E-state index is 0.156. The minimum atomic E-state index is -0.520. The fraction of sp³-hybridized carbons (Fsp3) is 0.100. The monoisotopic (exact) mass is 345 g/mol. The lowest BCUT2D eigenvalue weighted by molar-refractivity contribution is -0.129. The molecule has 0 aliphatic carbocycles. The first-order chi connectivity index (χ1) is 12.5. The zero-order valence-electron chi connectivity index (χ0n) is 14.3. The van der Waals surface area contributed by atoms with E-state index in [4.69, 9.17) is 4.74 Å². The van der Waals surface area contributed by atoms with E-state index in [-0.39, 0.29) is 17.5 Å². The predicted octanol–water partition coefficient (Wildman–Crippen LogP) is 3.35. The number of esters is 1. The fourth-order valence-corrected chi connectivity index (χ4v) is 2.82. The van der Waals surface area contributed by atoms with Gasteiger partial charge in [0.05, 0.1) is 0 Å². The topological polar surface area (TPSA) is 73.6 Å². The summed E-state index contributed by atoms with van der Waals surface area (Å²) >= 11 is 0. The molecule has 1 aliphatic rings. The van der Waals surface area contributed by atoms with Gasteiger partial charge in [0.1, 0.15) is 5.65 Å². The van der Waals surface area contributed by atoms with E-state index in [0.717, 1.165) is 16.5 Å². The lowest BCUT2D eigenvalue weighted by atomic mass is 10.1. The molecule has 0 radical (unpaired) electrons. The molecule has 0 atom stereocenters. The van der Waals surface area contributed by atoms with Gasteiger partial charge in [0, 0.05) is 35.8 Å². The molecule has 0 bridgehead atoms. The SMILES string of the molecule is CC(=O)n1cc(/C=C2\N=C(c3ccc(C)cc3)OC2=O)c2cccnc21. The van der Waals surface area contributed by atoms with Crippen LogP contribution in [0.25, 0.3) is 17.1 Å². The van der Waals surface area contributed by atoms with Crippen LogP contribution in [0.1, 0.15) is 28.4 Å². The standard InChI is InChI=1S/C20H15N3O3/c1-12-5-7-14(8-6-12)19-22-17(20(25)26-19)10-15-11-23(13(2)24)18-16(15)4-3-9-21-18/h3-11H,1-2H3/b17-10-. The van der Waals surface area contributed by atoms with Gasteiger partial charge < -0.3 is 4.74 Å². The van der Waals surface area contributed by atoms with Gasteiger partial charge in [-0.05, 0) is 37.3 Å². The van der Waals surface area contributed by atoms with Crippen LogP contribution in [0.15, 0.2) is 59.5 Å². The third kappa shape index (κ3) is 2.71. The molecule has 3 heterocycles. The van der Waals surface area contributed by atoms with Crippen LogP contribution in [0.4, 0.5) is 0 Å². The molecule has 0 unspecified atom stereocenters. The molecule has 0 saturated heterocycles. The number of hydrogen-bond acceptors (Lipinski definition) is 5. The van der Waals surface area contributed by atoms with Crippen molar-refractivity contribution in [1.29, 1.82) is 0 Å². The summed E-state index contributed by atoms with van der Waals surface area (Å²) in [5.74, 6) is -0.404. The molecule has 2 aromatic heterocycles. The van der Waals surface area contributed by atoms with Crippen LogP contribution in [0.3, 0.4) is 0 Å². The van der Waals surface area contributed by atoms with Crippen molar-refractivity contribution in [3.63, 3.8) is 0 Å². The molecular formula is C20H15N3O3. The summed E-state index contributed by atoms with van der Waals surface area (Å²) in [4.78, 5) is 32.6. The smallest absolute Gasteiger partial charge is 0.363 e. The first kappa shape index (κ1) is 16.0. The van der Waals surface area contributed by atoms with Crippen LogP contribution in [-0.2, 0) is 9.53 Å². The summed E-state index contributed by atoms with van der Waals surface area (Å²) in [6, 6.07) is 11.2. The van der Waals surface area contributed by atoms with Crippen molar-refractivity contribution in [2.24, 2.45) is 4.99 Å². The molecule has 26 heavy (non-hydrogen) atoms.